The highest BCUT2D eigenvalue weighted by Crippen LogP contribution is 2.38. The van der Waals surface area contributed by atoms with E-state index < -0.39 is 0 Å². The van der Waals surface area contributed by atoms with E-state index in [1.165, 1.54) is 11.3 Å². The first-order valence-corrected chi connectivity index (χ1v) is 10.9. The molecule has 4 heteroatoms. The number of nitrogens with zero attached hydrogens (tertiary/aromatic N) is 1. The molecular formula is C26H23NO2S. The second-order valence-electron chi connectivity index (χ2n) is 7.04. The van der Waals surface area contributed by atoms with Crippen molar-refractivity contribution in [1.29, 1.82) is 0 Å². The number of methoxy groups -OCH3 is 1. The molecule has 1 aromatic heterocycles. The number of rotatable bonds is 7. The van der Waals surface area contributed by atoms with Crippen molar-refractivity contribution in [1.82, 2.24) is 0 Å². The van der Waals surface area contributed by atoms with Crippen molar-refractivity contribution in [3.8, 4) is 5.75 Å². The van der Waals surface area contributed by atoms with Crippen molar-refractivity contribution in [2.75, 3.05) is 7.11 Å². The maximum atomic E-state index is 12.4. The number of Topliss-reactive ketones (excluding diaryl/α,β-unsaturated/α-hetero) is 1. The third kappa shape index (κ3) is 4.19. The summed E-state index contributed by atoms with van der Waals surface area (Å²) in [6.07, 6.45) is 1.42. The van der Waals surface area contributed by atoms with Crippen molar-refractivity contribution in [3.63, 3.8) is 0 Å². The summed E-state index contributed by atoms with van der Waals surface area (Å²) in [7, 11) is 1.65. The minimum atomic E-state index is 0.192. The Morgan fingerprint density at radius 1 is 0.933 bits per heavy atom. The highest BCUT2D eigenvalue weighted by molar-refractivity contribution is 7.20. The van der Waals surface area contributed by atoms with Crippen molar-refractivity contribution < 1.29 is 9.53 Å². The molecule has 0 spiro atoms. The summed E-state index contributed by atoms with van der Waals surface area (Å²) >= 11 is 1.52. The van der Waals surface area contributed by atoms with Crippen LogP contribution in [0.2, 0.25) is 0 Å². The minimum absolute atomic E-state index is 0.192. The van der Waals surface area contributed by atoms with Gasteiger partial charge in [-0.1, -0.05) is 67.6 Å². The minimum Gasteiger partial charge on any atom is -0.494 e. The first kappa shape index (κ1) is 20.0. The number of carbonyl (C=O) groups is 1. The van der Waals surface area contributed by atoms with E-state index in [1.807, 2.05) is 61.5 Å². The predicted molar refractivity (Wildman–Crippen MR) is 126 cm³/mol. The van der Waals surface area contributed by atoms with E-state index in [0.717, 1.165) is 43.9 Å². The fourth-order valence-electron chi connectivity index (χ4n) is 3.40. The zero-order valence-electron chi connectivity index (χ0n) is 17.1. The molecule has 4 rings (SSSR count). The van der Waals surface area contributed by atoms with Crippen molar-refractivity contribution >= 4 is 38.6 Å². The summed E-state index contributed by atoms with van der Waals surface area (Å²) in [6, 6.07) is 26.3. The first-order chi connectivity index (χ1) is 14.7. The second-order valence-corrected chi connectivity index (χ2v) is 8.12. The Labute approximate surface area is 180 Å². The molecule has 0 aliphatic carbocycles. The highest BCUT2D eigenvalue weighted by Gasteiger charge is 2.14. The van der Waals surface area contributed by atoms with Gasteiger partial charge in [0.1, 0.15) is 11.4 Å². The van der Waals surface area contributed by atoms with Crippen LogP contribution in [-0.4, -0.2) is 18.6 Å². The van der Waals surface area contributed by atoms with Crippen LogP contribution in [-0.2, 0) is 0 Å². The molecule has 3 nitrogen and oxygen atoms in total. The van der Waals surface area contributed by atoms with E-state index in [1.54, 1.807) is 7.11 Å². The molecule has 0 fully saturated rings. The lowest BCUT2D eigenvalue weighted by atomic mass is 10.0. The highest BCUT2D eigenvalue weighted by atomic mass is 32.1. The van der Waals surface area contributed by atoms with Gasteiger partial charge in [-0.05, 0) is 23.9 Å². The largest absolute Gasteiger partial charge is 0.494 e. The number of thiophene rings is 1. The van der Waals surface area contributed by atoms with Crippen LogP contribution >= 0.6 is 11.3 Å². The van der Waals surface area contributed by atoms with Crippen LogP contribution in [0.1, 0.15) is 40.6 Å². The maximum Gasteiger partial charge on any atom is 0.172 e. The van der Waals surface area contributed by atoms with Crippen molar-refractivity contribution in [2.45, 2.75) is 19.8 Å². The number of aliphatic imine (C=N–C) groups is 1. The molecule has 3 aromatic carbocycles. The van der Waals surface area contributed by atoms with Gasteiger partial charge in [-0.3, -0.25) is 4.79 Å². The second kappa shape index (κ2) is 9.06. The number of benzene rings is 3. The van der Waals surface area contributed by atoms with Crippen LogP contribution in [0.3, 0.4) is 0 Å². The molecule has 0 radical (unpaired) electrons. The lowest BCUT2D eigenvalue weighted by Crippen LogP contribution is -2.02. The monoisotopic (exact) mass is 413 g/mol. The molecule has 0 amide bonds. The number of hydrogen-bond acceptors (Lipinski definition) is 4. The van der Waals surface area contributed by atoms with E-state index in [4.69, 9.17) is 9.73 Å². The molecule has 0 bridgehead atoms. The van der Waals surface area contributed by atoms with Crippen molar-refractivity contribution in [2.24, 2.45) is 4.99 Å². The van der Waals surface area contributed by atoms with E-state index >= 15 is 0 Å². The van der Waals surface area contributed by atoms with Gasteiger partial charge in [0.15, 0.2) is 5.78 Å². The Bertz CT molecular complexity index is 1150. The molecule has 150 valence electrons. The molecule has 0 N–H and O–H groups in total. The van der Waals surface area contributed by atoms with Gasteiger partial charge in [-0.25, -0.2) is 4.99 Å². The number of ketones is 1. The van der Waals surface area contributed by atoms with E-state index in [-0.39, 0.29) is 5.78 Å². The molecule has 1 heterocycles. The molecule has 30 heavy (non-hydrogen) atoms. The quantitative estimate of drug-likeness (QED) is 0.240. The fourth-order valence-corrected chi connectivity index (χ4v) is 4.44. The molecule has 0 aliphatic heterocycles. The average molecular weight is 414 g/mol. The summed E-state index contributed by atoms with van der Waals surface area (Å²) in [6.45, 7) is 2.02. The maximum absolute atomic E-state index is 12.4. The van der Waals surface area contributed by atoms with Crippen LogP contribution < -0.4 is 4.74 Å². The molecular weight excluding hydrogens is 390 g/mol. The SMILES string of the molecule is CCCC(=O)c1cc2cc(N=C(c3ccccc3)c3ccccc3)c(OC)cc2s1. The topological polar surface area (TPSA) is 38.7 Å². The predicted octanol–water partition coefficient (Wildman–Crippen LogP) is 7.06. The van der Waals surface area contributed by atoms with E-state index in [0.29, 0.717) is 12.2 Å². The smallest absolute Gasteiger partial charge is 0.172 e. The number of fused-ring (bicyclic) bond motifs is 1. The van der Waals surface area contributed by atoms with Crippen molar-refractivity contribution in [3.05, 3.63) is 94.9 Å². The van der Waals surface area contributed by atoms with E-state index in [9.17, 15) is 4.79 Å². The number of hydrogen-bond donors (Lipinski definition) is 0. The lowest BCUT2D eigenvalue weighted by molar-refractivity contribution is 0.0985. The van der Waals surface area contributed by atoms with Crippen LogP contribution in [0.15, 0.2) is 83.9 Å². The molecule has 4 aromatic rings. The standard InChI is InChI=1S/C26H23NO2S/c1-3-10-22(28)25-16-20-15-21(23(29-2)17-24(20)30-25)27-26(18-11-6-4-7-12-18)19-13-8-5-9-14-19/h4-9,11-17H,3,10H2,1-2H3. The fraction of sp³-hybridized carbons (Fsp3) is 0.154. The molecule has 0 aliphatic rings. The van der Waals surface area contributed by atoms with Crippen LogP contribution in [0.25, 0.3) is 10.1 Å². The summed E-state index contributed by atoms with van der Waals surface area (Å²) in [4.78, 5) is 18.2. The van der Waals surface area contributed by atoms with Gasteiger partial charge in [0.05, 0.1) is 17.7 Å². The van der Waals surface area contributed by atoms with Gasteiger partial charge >= 0.3 is 0 Å². The Balaban J connectivity index is 1.86. The average Bonchev–Trinajstić information content (AvgIpc) is 3.21. The van der Waals surface area contributed by atoms with Gasteiger partial charge in [0, 0.05) is 28.3 Å². The zero-order chi connectivity index (χ0) is 20.9. The summed E-state index contributed by atoms with van der Waals surface area (Å²) in [5, 5.41) is 1.01. The normalized spacial score (nSPS) is 10.7. The molecule has 0 unspecified atom stereocenters. The van der Waals surface area contributed by atoms with Crippen LogP contribution in [0.4, 0.5) is 5.69 Å². The van der Waals surface area contributed by atoms with Gasteiger partial charge in [0.25, 0.3) is 0 Å². The van der Waals surface area contributed by atoms with Gasteiger partial charge in [0.2, 0.25) is 0 Å². The summed E-state index contributed by atoms with van der Waals surface area (Å²) in [5.74, 6) is 0.889. The molecule has 0 saturated carbocycles. The molecule has 0 atom stereocenters. The molecule has 0 saturated heterocycles. The Morgan fingerprint density at radius 2 is 1.57 bits per heavy atom. The summed E-state index contributed by atoms with van der Waals surface area (Å²) < 4.78 is 6.69. The van der Waals surface area contributed by atoms with Crippen LogP contribution in [0.5, 0.6) is 5.75 Å². The van der Waals surface area contributed by atoms with Gasteiger partial charge < -0.3 is 4.74 Å². The number of carbonyl (C=O) groups excluding carboxylic acids is 1. The van der Waals surface area contributed by atoms with E-state index in [2.05, 4.69) is 24.3 Å². The van der Waals surface area contributed by atoms with Gasteiger partial charge in [-0.15, -0.1) is 11.3 Å². The third-order valence-electron chi connectivity index (χ3n) is 4.90. The Hall–Kier alpha value is -3.24. The Kier molecular flexibility index (Phi) is 6.05. The number of ether oxygens (including phenoxy) is 1. The van der Waals surface area contributed by atoms with Crippen LogP contribution in [0, 0.1) is 0 Å². The third-order valence-corrected chi connectivity index (χ3v) is 6.04. The Morgan fingerprint density at radius 3 is 2.13 bits per heavy atom. The first-order valence-electron chi connectivity index (χ1n) is 10.0. The van der Waals surface area contributed by atoms with Gasteiger partial charge in [-0.2, -0.15) is 0 Å². The zero-order valence-corrected chi connectivity index (χ0v) is 17.9. The lowest BCUT2D eigenvalue weighted by Gasteiger charge is -2.10. The summed E-state index contributed by atoms with van der Waals surface area (Å²) in [5.41, 5.74) is 3.70.